The van der Waals surface area contributed by atoms with Gasteiger partial charge in [-0.1, -0.05) is 6.08 Å². The van der Waals surface area contributed by atoms with E-state index in [9.17, 15) is 4.79 Å². The second-order valence-corrected chi connectivity index (χ2v) is 1.94. The van der Waals surface area contributed by atoms with Crippen LogP contribution < -0.4 is 5.32 Å². The number of imidazole rings is 1. The third-order valence-electron chi connectivity index (χ3n) is 1.12. The van der Waals surface area contributed by atoms with Crippen molar-refractivity contribution in [1.29, 1.82) is 0 Å². The first-order valence-electron chi connectivity index (χ1n) is 3.23. The number of carbonyl (C=O) groups is 1. The summed E-state index contributed by atoms with van der Waals surface area (Å²) >= 11 is 0. The molecule has 0 radical (unpaired) electrons. The normalized spacial score (nSPS) is 9.09. The van der Waals surface area contributed by atoms with Crippen molar-refractivity contribution in [2.24, 2.45) is 0 Å². The van der Waals surface area contributed by atoms with Crippen LogP contribution >= 0.6 is 0 Å². The molecule has 0 aliphatic rings. The number of carbonyl (C=O) groups excluding carboxylic acids is 1. The van der Waals surface area contributed by atoms with E-state index in [0.29, 0.717) is 12.4 Å². The topological polar surface area (TPSA) is 57.8 Å². The number of hydrogen-bond acceptors (Lipinski definition) is 2. The first-order valence-corrected chi connectivity index (χ1v) is 3.23. The molecule has 0 atom stereocenters. The molecule has 11 heavy (non-hydrogen) atoms. The fourth-order valence-corrected chi connectivity index (χ4v) is 0.638. The molecule has 2 N–H and O–H groups in total. The minimum absolute atomic E-state index is 0.213. The van der Waals surface area contributed by atoms with Gasteiger partial charge in [-0.2, -0.15) is 0 Å². The summed E-state index contributed by atoms with van der Waals surface area (Å²) in [5, 5.41) is 2.58. The molecule has 0 bridgehead atoms. The average Bonchev–Trinajstić information content (AvgIpc) is 2.52. The van der Waals surface area contributed by atoms with Crippen LogP contribution in [0.5, 0.6) is 0 Å². The van der Waals surface area contributed by atoms with Crippen LogP contribution in [-0.4, -0.2) is 22.4 Å². The summed E-state index contributed by atoms with van der Waals surface area (Å²) in [6.45, 7) is 3.93. The van der Waals surface area contributed by atoms with E-state index < -0.39 is 0 Å². The highest BCUT2D eigenvalue weighted by Gasteiger charge is 2.03. The van der Waals surface area contributed by atoms with E-state index in [-0.39, 0.29) is 5.91 Å². The van der Waals surface area contributed by atoms with E-state index in [2.05, 4.69) is 21.9 Å². The fourth-order valence-electron chi connectivity index (χ4n) is 0.638. The molecular formula is C7H9N3O. The lowest BCUT2D eigenvalue weighted by molar-refractivity contribution is 0.0948. The number of aromatic amines is 1. The minimum Gasteiger partial charge on any atom is -0.346 e. The molecule has 4 nitrogen and oxygen atoms in total. The van der Waals surface area contributed by atoms with Gasteiger partial charge in [0, 0.05) is 18.9 Å². The second kappa shape index (κ2) is 3.55. The number of rotatable bonds is 3. The number of nitrogens with one attached hydrogen (secondary N) is 2. The Hall–Kier alpha value is -1.58. The quantitative estimate of drug-likeness (QED) is 0.611. The van der Waals surface area contributed by atoms with Crippen LogP contribution in [-0.2, 0) is 0 Å². The molecular weight excluding hydrogens is 142 g/mol. The maximum absolute atomic E-state index is 11.0. The van der Waals surface area contributed by atoms with Crippen molar-refractivity contribution in [2.45, 2.75) is 0 Å². The van der Waals surface area contributed by atoms with Crippen molar-refractivity contribution >= 4 is 5.91 Å². The summed E-state index contributed by atoms with van der Waals surface area (Å²) in [5.41, 5.74) is 0. The molecule has 0 saturated heterocycles. The van der Waals surface area contributed by atoms with Gasteiger partial charge in [-0.05, 0) is 0 Å². The smallest absolute Gasteiger partial charge is 0.287 e. The monoisotopic (exact) mass is 151 g/mol. The van der Waals surface area contributed by atoms with Gasteiger partial charge in [0.15, 0.2) is 5.82 Å². The predicted octanol–water partition coefficient (Wildman–Crippen LogP) is 0.326. The van der Waals surface area contributed by atoms with Crippen LogP contribution in [0.4, 0.5) is 0 Å². The molecule has 0 aromatic carbocycles. The van der Waals surface area contributed by atoms with Crippen molar-refractivity contribution in [3.63, 3.8) is 0 Å². The Kier molecular flexibility index (Phi) is 2.43. The minimum atomic E-state index is -0.213. The zero-order valence-corrected chi connectivity index (χ0v) is 6.00. The zero-order valence-electron chi connectivity index (χ0n) is 6.00. The molecule has 1 aromatic heterocycles. The highest BCUT2D eigenvalue weighted by molar-refractivity contribution is 5.90. The number of hydrogen-bond donors (Lipinski definition) is 2. The van der Waals surface area contributed by atoms with Crippen molar-refractivity contribution in [1.82, 2.24) is 15.3 Å². The maximum Gasteiger partial charge on any atom is 0.287 e. The van der Waals surface area contributed by atoms with E-state index in [4.69, 9.17) is 0 Å². The molecule has 58 valence electrons. The number of aromatic nitrogens is 2. The molecule has 0 aliphatic heterocycles. The van der Waals surface area contributed by atoms with Gasteiger partial charge in [0.05, 0.1) is 0 Å². The summed E-state index contributed by atoms with van der Waals surface area (Å²) in [5.74, 6) is 0.113. The zero-order chi connectivity index (χ0) is 8.10. The molecule has 0 unspecified atom stereocenters. The summed E-state index contributed by atoms with van der Waals surface area (Å²) in [4.78, 5) is 17.5. The van der Waals surface area contributed by atoms with Crippen LogP contribution in [0.25, 0.3) is 0 Å². The molecule has 0 aliphatic carbocycles. The van der Waals surface area contributed by atoms with Crippen LogP contribution in [0.3, 0.4) is 0 Å². The molecule has 0 saturated carbocycles. The van der Waals surface area contributed by atoms with Crippen LogP contribution in [0.15, 0.2) is 25.0 Å². The molecule has 1 aromatic rings. The molecule has 1 amide bonds. The van der Waals surface area contributed by atoms with Gasteiger partial charge >= 0.3 is 0 Å². The number of amides is 1. The Labute approximate surface area is 64.3 Å². The Morgan fingerprint density at radius 3 is 3.27 bits per heavy atom. The molecule has 0 fully saturated rings. The number of H-pyrrole nitrogens is 1. The molecule has 1 heterocycles. The average molecular weight is 151 g/mol. The highest BCUT2D eigenvalue weighted by atomic mass is 16.2. The van der Waals surface area contributed by atoms with E-state index in [1.54, 1.807) is 12.3 Å². The van der Waals surface area contributed by atoms with Gasteiger partial charge in [0.1, 0.15) is 0 Å². The van der Waals surface area contributed by atoms with Gasteiger partial charge in [-0.15, -0.1) is 6.58 Å². The Morgan fingerprint density at radius 2 is 2.73 bits per heavy atom. The standard InChI is InChI=1S/C7H9N3O/c1-2-3-10-7(11)6-8-4-5-9-6/h2,4-5H,1,3H2,(H,8,9)(H,10,11). The lowest BCUT2D eigenvalue weighted by atomic mass is 10.5. The predicted molar refractivity (Wildman–Crippen MR) is 41.1 cm³/mol. The van der Waals surface area contributed by atoms with Gasteiger partial charge in [0.2, 0.25) is 0 Å². The summed E-state index contributed by atoms with van der Waals surface area (Å²) in [7, 11) is 0. The van der Waals surface area contributed by atoms with E-state index >= 15 is 0 Å². The summed E-state index contributed by atoms with van der Waals surface area (Å²) < 4.78 is 0. The molecule has 1 rings (SSSR count). The lowest BCUT2D eigenvalue weighted by Crippen LogP contribution is -2.24. The first-order chi connectivity index (χ1) is 5.34. The Balaban J connectivity index is 2.49. The van der Waals surface area contributed by atoms with Crippen molar-refractivity contribution in [3.05, 3.63) is 30.9 Å². The lowest BCUT2D eigenvalue weighted by Gasteiger charge is -1.96. The van der Waals surface area contributed by atoms with Crippen LogP contribution in [0, 0.1) is 0 Å². The largest absolute Gasteiger partial charge is 0.346 e. The third kappa shape index (κ3) is 1.93. The highest BCUT2D eigenvalue weighted by Crippen LogP contribution is 1.86. The van der Waals surface area contributed by atoms with Crippen LogP contribution in [0.2, 0.25) is 0 Å². The van der Waals surface area contributed by atoms with Gasteiger partial charge in [-0.3, -0.25) is 4.79 Å². The molecule has 4 heteroatoms. The van der Waals surface area contributed by atoms with E-state index in [1.807, 2.05) is 0 Å². The molecule has 0 spiro atoms. The van der Waals surface area contributed by atoms with Crippen molar-refractivity contribution in [3.8, 4) is 0 Å². The number of nitrogens with zero attached hydrogens (tertiary/aromatic N) is 1. The third-order valence-corrected chi connectivity index (χ3v) is 1.12. The fraction of sp³-hybridized carbons (Fsp3) is 0.143. The summed E-state index contributed by atoms with van der Waals surface area (Å²) in [6.07, 6.45) is 4.74. The van der Waals surface area contributed by atoms with Gasteiger partial charge in [-0.25, -0.2) is 4.98 Å². The van der Waals surface area contributed by atoms with E-state index in [1.165, 1.54) is 6.20 Å². The Bertz CT molecular complexity index is 240. The van der Waals surface area contributed by atoms with Gasteiger partial charge < -0.3 is 10.3 Å². The van der Waals surface area contributed by atoms with Gasteiger partial charge in [0.25, 0.3) is 5.91 Å². The summed E-state index contributed by atoms with van der Waals surface area (Å²) in [6, 6.07) is 0. The maximum atomic E-state index is 11.0. The van der Waals surface area contributed by atoms with Crippen LogP contribution in [0.1, 0.15) is 10.6 Å². The van der Waals surface area contributed by atoms with E-state index in [0.717, 1.165) is 0 Å². The van der Waals surface area contributed by atoms with Crippen molar-refractivity contribution in [2.75, 3.05) is 6.54 Å². The first kappa shape index (κ1) is 7.53. The van der Waals surface area contributed by atoms with Crippen molar-refractivity contribution < 1.29 is 4.79 Å². The Morgan fingerprint density at radius 1 is 1.91 bits per heavy atom. The SMILES string of the molecule is C=CCNC(=O)c1ncc[nH]1. The second-order valence-electron chi connectivity index (χ2n) is 1.94.